The molecular weight excluding hydrogens is 192 g/mol. The smallest absolute Gasteiger partial charge is 0.247 e. The number of methoxy groups -OCH3 is 1. The molecule has 0 aromatic rings. The number of hydrogen-bond acceptors (Lipinski definition) is 3. The van der Waals surface area contributed by atoms with Crippen LogP contribution in [0.4, 0.5) is 0 Å². The molecule has 0 saturated carbocycles. The van der Waals surface area contributed by atoms with Crippen molar-refractivity contribution in [1.29, 1.82) is 0 Å². The maximum atomic E-state index is 11.8. The molecule has 1 rings (SSSR count). The molecule has 0 bridgehead atoms. The predicted molar refractivity (Wildman–Crippen MR) is 59.7 cm³/mol. The number of nitrogens with one attached hydrogen (secondary N) is 2. The second-order valence-electron chi connectivity index (χ2n) is 3.87. The zero-order valence-corrected chi connectivity index (χ0v) is 9.72. The quantitative estimate of drug-likeness (QED) is 0.650. The second kappa shape index (κ2) is 5.88. The molecule has 0 aromatic carbocycles. The van der Waals surface area contributed by atoms with Crippen molar-refractivity contribution in [2.24, 2.45) is 0 Å². The zero-order valence-electron chi connectivity index (χ0n) is 9.72. The van der Waals surface area contributed by atoms with Crippen LogP contribution in [0.25, 0.3) is 0 Å². The Morgan fingerprint density at radius 1 is 1.60 bits per heavy atom. The third-order valence-corrected chi connectivity index (χ3v) is 2.74. The standard InChI is InChI=1S/C11H20N2O2/c1-4-10(7-15-3)13-11(14)8(2)9-5-12-6-9/h10,12H,4-7H2,1-3H3,(H,13,14). The van der Waals surface area contributed by atoms with Gasteiger partial charge in [0.05, 0.1) is 12.6 Å². The molecule has 1 atom stereocenters. The van der Waals surface area contributed by atoms with Gasteiger partial charge in [0.2, 0.25) is 5.91 Å². The van der Waals surface area contributed by atoms with Crippen molar-refractivity contribution in [3.8, 4) is 0 Å². The van der Waals surface area contributed by atoms with Crippen LogP contribution in [0.2, 0.25) is 0 Å². The highest BCUT2D eigenvalue weighted by Crippen LogP contribution is 2.09. The van der Waals surface area contributed by atoms with E-state index in [4.69, 9.17) is 4.74 Å². The lowest BCUT2D eigenvalue weighted by atomic mass is 10.0. The van der Waals surface area contributed by atoms with Gasteiger partial charge in [0.25, 0.3) is 0 Å². The molecule has 0 spiro atoms. The van der Waals surface area contributed by atoms with Gasteiger partial charge >= 0.3 is 0 Å². The van der Waals surface area contributed by atoms with Crippen LogP contribution in [0.3, 0.4) is 0 Å². The monoisotopic (exact) mass is 212 g/mol. The van der Waals surface area contributed by atoms with Gasteiger partial charge in [-0.15, -0.1) is 0 Å². The minimum absolute atomic E-state index is 0.0374. The molecule has 0 aliphatic carbocycles. The molecule has 15 heavy (non-hydrogen) atoms. The average molecular weight is 212 g/mol. The van der Waals surface area contributed by atoms with Crippen molar-refractivity contribution in [1.82, 2.24) is 10.6 Å². The van der Waals surface area contributed by atoms with Gasteiger partial charge in [-0.25, -0.2) is 0 Å². The van der Waals surface area contributed by atoms with E-state index >= 15 is 0 Å². The lowest BCUT2D eigenvalue weighted by molar-refractivity contribution is -0.118. The molecule has 1 aliphatic rings. The minimum atomic E-state index is 0.0374. The summed E-state index contributed by atoms with van der Waals surface area (Å²) in [6.45, 7) is 6.19. The van der Waals surface area contributed by atoms with Crippen molar-refractivity contribution in [2.45, 2.75) is 26.3 Å². The number of rotatable bonds is 5. The van der Waals surface area contributed by atoms with Crippen molar-refractivity contribution in [2.75, 3.05) is 26.8 Å². The Balaban J connectivity index is 2.46. The number of carbonyl (C=O) groups excluding carboxylic acids is 1. The molecule has 1 saturated heterocycles. The van der Waals surface area contributed by atoms with Crippen LogP contribution in [0.5, 0.6) is 0 Å². The SMILES string of the molecule is CCC(COC)NC(=O)C(C)=C1CNC1. The molecule has 4 nitrogen and oxygen atoms in total. The van der Waals surface area contributed by atoms with Crippen molar-refractivity contribution >= 4 is 5.91 Å². The summed E-state index contributed by atoms with van der Waals surface area (Å²) in [6.07, 6.45) is 0.889. The minimum Gasteiger partial charge on any atom is -0.383 e. The lowest BCUT2D eigenvalue weighted by Gasteiger charge is -2.23. The summed E-state index contributed by atoms with van der Waals surface area (Å²) in [5.74, 6) is 0.0374. The molecule has 1 aliphatic heterocycles. The van der Waals surface area contributed by atoms with Gasteiger partial charge in [0.1, 0.15) is 0 Å². The maximum Gasteiger partial charge on any atom is 0.247 e. The highest BCUT2D eigenvalue weighted by molar-refractivity contribution is 5.94. The zero-order chi connectivity index (χ0) is 11.3. The van der Waals surface area contributed by atoms with Crippen molar-refractivity contribution in [3.05, 3.63) is 11.1 Å². The largest absolute Gasteiger partial charge is 0.383 e. The topological polar surface area (TPSA) is 50.4 Å². The molecule has 1 unspecified atom stereocenters. The lowest BCUT2D eigenvalue weighted by Crippen LogP contribution is -2.41. The van der Waals surface area contributed by atoms with Crippen LogP contribution in [-0.4, -0.2) is 38.8 Å². The Morgan fingerprint density at radius 2 is 2.27 bits per heavy atom. The molecule has 2 N–H and O–H groups in total. The first-order valence-electron chi connectivity index (χ1n) is 5.38. The van der Waals surface area contributed by atoms with E-state index in [-0.39, 0.29) is 11.9 Å². The van der Waals surface area contributed by atoms with Gasteiger partial charge in [0.15, 0.2) is 0 Å². The van der Waals surface area contributed by atoms with Crippen LogP contribution in [-0.2, 0) is 9.53 Å². The van der Waals surface area contributed by atoms with E-state index in [1.54, 1.807) is 7.11 Å². The summed E-state index contributed by atoms with van der Waals surface area (Å²) >= 11 is 0. The fourth-order valence-electron chi connectivity index (χ4n) is 1.43. The third kappa shape index (κ3) is 3.32. The Bertz CT molecular complexity index is 255. The Kier molecular flexibility index (Phi) is 4.78. The summed E-state index contributed by atoms with van der Waals surface area (Å²) in [5, 5.41) is 6.09. The molecule has 0 aromatic heterocycles. The summed E-state index contributed by atoms with van der Waals surface area (Å²) in [6, 6.07) is 0.117. The van der Waals surface area contributed by atoms with Crippen LogP contribution >= 0.6 is 0 Å². The molecule has 1 heterocycles. The Hall–Kier alpha value is -0.870. The van der Waals surface area contributed by atoms with E-state index in [9.17, 15) is 4.79 Å². The van der Waals surface area contributed by atoms with E-state index in [2.05, 4.69) is 10.6 Å². The predicted octanol–water partition coefficient (Wildman–Crippen LogP) is 0.447. The highest BCUT2D eigenvalue weighted by atomic mass is 16.5. The first-order valence-corrected chi connectivity index (χ1v) is 5.38. The second-order valence-corrected chi connectivity index (χ2v) is 3.87. The van der Waals surface area contributed by atoms with Crippen molar-refractivity contribution in [3.63, 3.8) is 0 Å². The third-order valence-electron chi connectivity index (χ3n) is 2.74. The van der Waals surface area contributed by atoms with Gasteiger partial charge in [-0.1, -0.05) is 6.92 Å². The Morgan fingerprint density at radius 3 is 2.67 bits per heavy atom. The maximum absolute atomic E-state index is 11.8. The van der Waals surface area contributed by atoms with E-state index < -0.39 is 0 Å². The molecule has 1 fully saturated rings. The van der Waals surface area contributed by atoms with Crippen LogP contribution < -0.4 is 10.6 Å². The van der Waals surface area contributed by atoms with Crippen LogP contribution in [0, 0.1) is 0 Å². The number of hydrogen-bond donors (Lipinski definition) is 2. The summed E-state index contributed by atoms with van der Waals surface area (Å²) < 4.78 is 5.03. The van der Waals surface area contributed by atoms with Crippen LogP contribution in [0.15, 0.2) is 11.1 Å². The van der Waals surface area contributed by atoms with E-state index in [0.29, 0.717) is 6.61 Å². The first-order chi connectivity index (χ1) is 7.19. The van der Waals surface area contributed by atoms with E-state index in [1.807, 2.05) is 13.8 Å². The number of carbonyl (C=O) groups is 1. The van der Waals surface area contributed by atoms with Gasteiger partial charge in [0, 0.05) is 25.8 Å². The average Bonchev–Trinajstić information content (AvgIpc) is 2.14. The number of ether oxygens (including phenoxy) is 1. The Labute approximate surface area is 91.1 Å². The molecule has 1 amide bonds. The summed E-state index contributed by atoms with van der Waals surface area (Å²) in [5.41, 5.74) is 2.06. The summed E-state index contributed by atoms with van der Waals surface area (Å²) in [4.78, 5) is 11.8. The van der Waals surface area contributed by atoms with Gasteiger partial charge in [-0.05, 0) is 18.9 Å². The highest BCUT2D eigenvalue weighted by Gasteiger charge is 2.17. The van der Waals surface area contributed by atoms with Crippen LogP contribution in [0.1, 0.15) is 20.3 Å². The van der Waals surface area contributed by atoms with E-state index in [1.165, 1.54) is 5.57 Å². The summed E-state index contributed by atoms with van der Waals surface area (Å²) in [7, 11) is 1.65. The van der Waals surface area contributed by atoms with Gasteiger partial charge in [-0.3, -0.25) is 4.79 Å². The van der Waals surface area contributed by atoms with Gasteiger partial charge < -0.3 is 15.4 Å². The normalized spacial score (nSPS) is 16.9. The fraction of sp³-hybridized carbons (Fsp3) is 0.727. The molecule has 86 valence electrons. The fourth-order valence-corrected chi connectivity index (χ4v) is 1.43. The van der Waals surface area contributed by atoms with Gasteiger partial charge in [-0.2, -0.15) is 0 Å². The molecule has 4 heteroatoms. The first kappa shape index (κ1) is 12.2. The molecule has 0 radical (unpaired) electrons. The van der Waals surface area contributed by atoms with Crippen molar-refractivity contribution < 1.29 is 9.53 Å². The number of amides is 1. The molecular formula is C11H20N2O2. The van der Waals surface area contributed by atoms with E-state index in [0.717, 1.165) is 25.1 Å².